The average molecular weight is 234 g/mol. The molecular formula is C12H11FN2O2. The molecule has 0 saturated carbocycles. The van der Waals surface area contributed by atoms with Crippen molar-refractivity contribution in [1.29, 1.82) is 0 Å². The lowest BCUT2D eigenvalue weighted by atomic mass is 10.00. The van der Waals surface area contributed by atoms with E-state index in [4.69, 9.17) is 0 Å². The van der Waals surface area contributed by atoms with Gasteiger partial charge in [0.05, 0.1) is 11.8 Å². The first-order chi connectivity index (χ1) is 8.15. The maximum atomic E-state index is 12.8. The molecule has 1 aromatic carbocycles. The van der Waals surface area contributed by atoms with Crippen molar-refractivity contribution in [3.05, 3.63) is 30.1 Å². The molecule has 0 aromatic heterocycles. The highest BCUT2D eigenvalue weighted by molar-refractivity contribution is 6.06. The lowest BCUT2D eigenvalue weighted by Crippen LogP contribution is -2.31. The molecule has 1 aromatic rings. The molecule has 1 N–H and O–H groups in total. The van der Waals surface area contributed by atoms with Crippen LogP contribution in [0.15, 0.2) is 24.3 Å². The molecule has 17 heavy (non-hydrogen) atoms. The molecular weight excluding hydrogens is 223 g/mol. The molecule has 0 aliphatic carbocycles. The quantitative estimate of drug-likeness (QED) is 0.721. The number of imide groups is 1. The van der Waals surface area contributed by atoms with Gasteiger partial charge < -0.3 is 4.90 Å². The Hall–Kier alpha value is -1.91. The SMILES string of the molecule is O=C1NC(=O)[C@@H]2CN(c3ccc(F)cc3)C[C@H]12. The molecule has 0 spiro atoms. The second-order valence-electron chi connectivity index (χ2n) is 4.45. The van der Waals surface area contributed by atoms with Crippen molar-refractivity contribution in [2.75, 3.05) is 18.0 Å². The Bertz CT molecular complexity index is 464. The summed E-state index contributed by atoms with van der Waals surface area (Å²) in [5, 5.41) is 2.34. The number of benzene rings is 1. The monoisotopic (exact) mass is 234 g/mol. The van der Waals surface area contributed by atoms with E-state index in [1.54, 1.807) is 12.1 Å². The predicted molar refractivity (Wildman–Crippen MR) is 58.7 cm³/mol. The van der Waals surface area contributed by atoms with E-state index < -0.39 is 0 Å². The lowest BCUT2D eigenvalue weighted by Gasteiger charge is -2.19. The Kier molecular flexibility index (Phi) is 2.14. The number of nitrogens with one attached hydrogen (secondary N) is 1. The Morgan fingerprint density at radius 1 is 1.06 bits per heavy atom. The van der Waals surface area contributed by atoms with Crippen LogP contribution in [-0.4, -0.2) is 24.9 Å². The number of hydrogen-bond acceptors (Lipinski definition) is 3. The van der Waals surface area contributed by atoms with Crippen LogP contribution in [0.1, 0.15) is 0 Å². The van der Waals surface area contributed by atoms with E-state index in [0.717, 1.165) is 5.69 Å². The van der Waals surface area contributed by atoms with Gasteiger partial charge >= 0.3 is 0 Å². The standard InChI is InChI=1S/C12H11FN2O2/c13-7-1-3-8(4-2-7)15-5-9-10(6-15)12(17)14-11(9)16/h1-4,9-10H,5-6H2,(H,14,16,17)/t9-,10+. The van der Waals surface area contributed by atoms with Crippen molar-refractivity contribution in [2.45, 2.75) is 0 Å². The number of carbonyl (C=O) groups is 2. The van der Waals surface area contributed by atoms with Gasteiger partial charge in [0.25, 0.3) is 0 Å². The summed E-state index contributed by atoms with van der Waals surface area (Å²) in [6.07, 6.45) is 0. The van der Waals surface area contributed by atoms with Crippen LogP contribution >= 0.6 is 0 Å². The largest absolute Gasteiger partial charge is 0.370 e. The Labute approximate surface area is 97.4 Å². The zero-order valence-electron chi connectivity index (χ0n) is 9.02. The van der Waals surface area contributed by atoms with Crippen molar-refractivity contribution in [3.8, 4) is 0 Å². The first kappa shape index (κ1) is 10.3. The van der Waals surface area contributed by atoms with Gasteiger partial charge in [0.15, 0.2) is 0 Å². The first-order valence-electron chi connectivity index (χ1n) is 5.50. The minimum absolute atomic E-state index is 0.190. The summed E-state index contributed by atoms with van der Waals surface area (Å²) >= 11 is 0. The zero-order chi connectivity index (χ0) is 12.0. The number of carbonyl (C=O) groups excluding carboxylic acids is 2. The summed E-state index contributed by atoms with van der Waals surface area (Å²) < 4.78 is 12.8. The van der Waals surface area contributed by atoms with Gasteiger partial charge in [-0.1, -0.05) is 0 Å². The van der Waals surface area contributed by atoms with Gasteiger partial charge in [0, 0.05) is 18.8 Å². The molecule has 3 rings (SSSR count). The highest BCUT2D eigenvalue weighted by Gasteiger charge is 2.47. The van der Waals surface area contributed by atoms with E-state index in [2.05, 4.69) is 5.32 Å². The molecule has 2 heterocycles. The fraction of sp³-hybridized carbons (Fsp3) is 0.333. The van der Waals surface area contributed by atoms with Crippen LogP contribution in [0, 0.1) is 17.7 Å². The van der Waals surface area contributed by atoms with Crippen LogP contribution < -0.4 is 10.2 Å². The summed E-state index contributed by atoms with van der Waals surface area (Å²) in [7, 11) is 0. The molecule has 2 amide bonds. The van der Waals surface area contributed by atoms with Crippen molar-refractivity contribution in [2.24, 2.45) is 11.8 Å². The zero-order valence-corrected chi connectivity index (χ0v) is 9.02. The summed E-state index contributed by atoms with van der Waals surface area (Å²) in [4.78, 5) is 24.9. The first-order valence-corrected chi connectivity index (χ1v) is 5.50. The van der Waals surface area contributed by atoms with E-state index in [0.29, 0.717) is 13.1 Å². The van der Waals surface area contributed by atoms with Crippen molar-refractivity contribution >= 4 is 17.5 Å². The Balaban J connectivity index is 1.83. The molecule has 2 aliphatic rings. The topological polar surface area (TPSA) is 49.4 Å². The van der Waals surface area contributed by atoms with E-state index in [9.17, 15) is 14.0 Å². The summed E-state index contributed by atoms with van der Waals surface area (Å²) in [5.41, 5.74) is 0.849. The van der Waals surface area contributed by atoms with Gasteiger partial charge in [0.2, 0.25) is 11.8 Å². The van der Waals surface area contributed by atoms with Crippen LogP contribution in [-0.2, 0) is 9.59 Å². The third-order valence-corrected chi connectivity index (χ3v) is 3.43. The maximum absolute atomic E-state index is 12.8. The van der Waals surface area contributed by atoms with Gasteiger partial charge in [-0.25, -0.2) is 4.39 Å². The Morgan fingerprint density at radius 3 is 2.12 bits per heavy atom. The Morgan fingerprint density at radius 2 is 1.59 bits per heavy atom. The maximum Gasteiger partial charge on any atom is 0.232 e. The predicted octanol–water partition coefficient (Wildman–Crippen LogP) is 0.534. The molecule has 2 aliphatic heterocycles. The van der Waals surface area contributed by atoms with Crippen LogP contribution in [0.5, 0.6) is 0 Å². The number of halogens is 1. The molecule has 88 valence electrons. The van der Waals surface area contributed by atoms with Gasteiger partial charge in [-0.2, -0.15) is 0 Å². The molecule has 2 fully saturated rings. The molecule has 4 nitrogen and oxygen atoms in total. The summed E-state index contributed by atoms with van der Waals surface area (Å²) in [6, 6.07) is 6.09. The van der Waals surface area contributed by atoms with E-state index in [-0.39, 0.29) is 29.5 Å². The third-order valence-electron chi connectivity index (χ3n) is 3.43. The molecule has 0 unspecified atom stereocenters. The molecule has 0 bridgehead atoms. The van der Waals surface area contributed by atoms with Crippen LogP contribution in [0.2, 0.25) is 0 Å². The number of anilines is 1. The molecule has 2 atom stereocenters. The number of amides is 2. The average Bonchev–Trinajstić information content (AvgIpc) is 2.83. The van der Waals surface area contributed by atoms with E-state index in [1.165, 1.54) is 12.1 Å². The second-order valence-corrected chi connectivity index (χ2v) is 4.45. The highest BCUT2D eigenvalue weighted by atomic mass is 19.1. The van der Waals surface area contributed by atoms with Gasteiger partial charge in [-0.15, -0.1) is 0 Å². The number of fused-ring (bicyclic) bond motifs is 1. The fourth-order valence-corrected chi connectivity index (χ4v) is 2.50. The molecule has 2 saturated heterocycles. The van der Waals surface area contributed by atoms with Gasteiger partial charge in [-0.3, -0.25) is 14.9 Å². The molecule has 0 radical (unpaired) electrons. The minimum atomic E-state index is -0.290. The number of hydrogen-bond donors (Lipinski definition) is 1. The normalized spacial score (nSPS) is 27.2. The van der Waals surface area contributed by atoms with Gasteiger partial charge in [-0.05, 0) is 24.3 Å². The van der Waals surface area contributed by atoms with E-state index >= 15 is 0 Å². The summed E-state index contributed by atoms with van der Waals surface area (Å²) in [5.74, 6) is -1.18. The van der Waals surface area contributed by atoms with Crippen molar-refractivity contribution in [3.63, 3.8) is 0 Å². The van der Waals surface area contributed by atoms with Crippen molar-refractivity contribution < 1.29 is 14.0 Å². The molecule has 5 heteroatoms. The lowest BCUT2D eigenvalue weighted by molar-refractivity contribution is -0.126. The minimum Gasteiger partial charge on any atom is -0.370 e. The number of nitrogens with zero attached hydrogens (tertiary/aromatic N) is 1. The fourth-order valence-electron chi connectivity index (χ4n) is 2.50. The summed E-state index contributed by atoms with van der Waals surface area (Å²) in [6.45, 7) is 1.04. The highest BCUT2D eigenvalue weighted by Crippen LogP contribution is 2.31. The van der Waals surface area contributed by atoms with E-state index in [1.807, 2.05) is 4.90 Å². The smallest absolute Gasteiger partial charge is 0.232 e. The third kappa shape index (κ3) is 1.58. The van der Waals surface area contributed by atoms with Gasteiger partial charge in [0.1, 0.15) is 5.82 Å². The van der Waals surface area contributed by atoms with Crippen molar-refractivity contribution in [1.82, 2.24) is 5.32 Å². The van der Waals surface area contributed by atoms with Crippen LogP contribution in [0.25, 0.3) is 0 Å². The number of rotatable bonds is 1. The van der Waals surface area contributed by atoms with Crippen LogP contribution in [0.3, 0.4) is 0 Å². The second kappa shape index (κ2) is 3.55. The van der Waals surface area contributed by atoms with Crippen LogP contribution in [0.4, 0.5) is 10.1 Å².